The molecule has 2 rings (SSSR count). The molecule has 116 valence electrons. The van der Waals surface area contributed by atoms with Crippen molar-refractivity contribution in [3.63, 3.8) is 0 Å². The second-order valence-electron chi connectivity index (χ2n) is 4.13. The Morgan fingerprint density at radius 1 is 1.41 bits per heavy atom. The summed E-state index contributed by atoms with van der Waals surface area (Å²) >= 11 is 8.66. The van der Waals surface area contributed by atoms with E-state index in [-0.39, 0.29) is 5.12 Å². The lowest BCUT2D eigenvalue weighted by Gasteiger charge is -2.11. The highest BCUT2D eigenvalue weighted by atomic mass is 35.5. The van der Waals surface area contributed by atoms with Crippen LogP contribution in [0.3, 0.4) is 0 Å². The fraction of sp³-hybridized carbons (Fsp3) is 0.200. The predicted molar refractivity (Wildman–Crippen MR) is 95.2 cm³/mol. The van der Waals surface area contributed by atoms with Crippen LogP contribution in [-0.2, 0) is 4.79 Å². The molecule has 0 aromatic heterocycles. The van der Waals surface area contributed by atoms with Gasteiger partial charge in [-0.15, -0.1) is 6.58 Å². The van der Waals surface area contributed by atoms with Crippen molar-refractivity contribution >= 4 is 50.7 Å². The molecule has 0 saturated carbocycles. The van der Waals surface area contributed by atoms with Crippen molar-refractivity contribution in [2.45, 2.75) is 0 Å². The highest BCUT2D eigenvalue weighted by Crippen LogP contribution is 2.38. The molecule has 22 heavy (non-hydrogen) atoms. The maximum atomic E-state index is 12.0. The Hall–Kier alpha value is -1.37. The molecule has 0 bridgehead atoms. The van der Waals surface area contributed by atoms with Gasteiger partial charge in [-0.2, -0.15) is 0 Å². The van der Waals surface area contributed by atoms with E-state index in [1.165, 1.54) is 26.0 Å². The number of carbonyl (C=O) groups excluding carboxylic acids is 1. The molecule has 0 N–H and O–H groups in total. The summed E-state index contributed by atoms with van der Waals surface area (Å²) in [5, 5.41) is 0.389. The van der Waals surface area contributed by atoms with Gasteiger partial charge in [-0.3, -0.25) is 4.79 Å². The molecule has 0 unspecified atom stereocenters. The number of carbonyl (C=O) groups is 1. The summed E-state index contributed by atoms with van der Waals surface area (Å²) in [7, 11) is 3.07. The smallest absolute Gasteiger partial charge is 0.244 e. The van der Waals surface area contributed by atoms with Crippen LogP contribution < -0.4 is 9.47 Å². The number of rotatable bonds is 5. The lowest BCUT2D eigenvalue weighted by atomic mass is 10.1. The number of methoxy groups -OCH3 is 2. The highest BCUT2D eigenvalue weighted by molar-refractivity contribution is 8.45. The first-order valence-corrected chi connectivity index (χ1v) is 8.44. The van der Waals surface area contributed by atoms with E-state index in [0.29, 0.717) is 37.9 Å². The number of hydrogen-bond acceptors (Lipinski definition) is 6. The Morgan fingerprint density at radius 2 is 2.18 bits per heavy atom. The fourth-order valence-corrected chi connectivity index (χ4v) is 3.61. The van der Waals surface area contributed by atoms with Crippen molar-refractivity contribution in [1.29, 1.82) is 0 Å². The third kappa shape index (κ3) is 3.88. The van der Waals surface area contributed by atoms with Crippen LogP contribution in [-0.4, -0.2) is 29.5 Å². The lowest BCUT2D eigenvalue weighted by molar-refractivity contribution is -0.107. The van der Waals surface area contributed by atoms with Crippen molar-refractivity contribution in [3.05, 3.63) is 41.1 Å². The topological polar surface area (TPSA) is 47.9 Å². The summed E-state index contributed by atoms with van der Waals surface area (Å²) < 4.78 is 11.3. The highest BCUT2D eigenvalue weighted by Gasteiger charge is 2.23. The maximum Gasteiger partial charge on any atom is 0.244 e. The Balaban J connectivity index is 2.40. The zero-order valence-corrected chi connectivity index (χ0v) is 14.5. The Labute approximate surface area is 142 Å². The van der Waals surface area contributed by atoms with E-state index in [1.54, 1.807) is 24.3 Å². The molecule has 1 heterocycles. The lowest BCUT2D eigenvalue weighted by Crippen LogP contribution is -1.95. The molecule has 0 aliphatic carbocycles. The summed E-state index contributed by atoms with van der Waals surface area (Å²) in [6.45, 7) is 3.65. The van der Waals surface area contributed by atoms with E-state index < -0.39 is 0 Å². The van der Waals surface area contributed by atoms with Crippen molar-refractivity contribution in [2.24, 2.45) is 4.99 Å². The van der Waals surface area contributed by atoms with Crippen LogP contribution in [0.15, 0.2) is 35.5 Å². The summed E-state index contributed by atoms with van der Waals surface area (Å²) in [4.78, 5) is 16.4. The predicted octanol–water partition coefficient (Wildman–Crippen LogP) is 4.25. The molecule has 0 radical (unpaired) electrons. The van der Waals surface area contributed by atoms with Gasteiger partial charge in [0.2, 0.25) is 5.12 Å². The number of ether oxygens (including phenoxy) is 2. The van der Waals surface area contributed by atoms with Crippen LogP contribution in [0.25, 0.3) is 6.08 Å². The largest absolute Gasteiger partial charge is 0.493 e. The van der Waals surface area contributed by atoms with E-state index >= 15 is 0 Å². The van der Waals surface area contributed by atoms with Crippen LogP contribution in [0, 0.1) is 0 Å². The monoisotopic (exact) mass is 355 g/mol. The number of hydrogen-bond donors (Lipinski definition) is 0. The molecule has 1 aliphatic rings. The summed E-state index contributed by atoms with van der Waals surface area (Å²) in [6.07, 6.45) is 3.43. The third-order valence-corrected chi connectivity index (χ3v) is 4.91. The van der Waals surface area contributed by atoms with Crippen LogP contribution >= 0.6 is 35.1 Å². The van der Waals surface area contributed by atoms with Crippen molar-refractivity contribution in [3.8, 4) is 11.5 Å². The van der Waals surface area contributed by atoms with Gasteiger partial charge in [0.25, 0.3) is 0 Å². The average molecular weight is 356 g/mol. The first kappa shape index (κ1) is 17.0. The molecule has 4 nitrogen and oxygen atoms in total. The fourth-order valence-electron chi connectivity index (χ4n) is 1.79. The van der Waals surface area contributed by atoms with Crippen LogP contribution in [0.4, 0.5) is 0 Å². The van der Waals surface area contributed by atoms with Gasteiger partial charge in [0.15, 0.2) is 11.5 Å². The molecule has 1 aromatic rings. The van der Waals surface area contributed by atoms with E-state index in [2.05, 4.69) is 11.6 Å². The van der Waals surface area contributed by atoms with Crippen LogP contribution in [0.1, 0.15) is 5.56 Å². The van der Waals surface area contributed by atoms with E-state index in [9.17, 15) is 4.79 Å². The molecular weight excluding hydrogens is 342 g/mol. The minimum Gasteiger partial charge on any atom is -0.493 e. The Bertz CT molecular complexity index is 671. The zero-order chi connectivity index (χ0) is 16.1. The van der Waals surface area contributed by atoms with Gasteiger partial charge in [0.05, 0.1) is 14.2 Å². The molecule has 0 fully saturated rings. The van der Waals surface area contributed by atoms with E-state index in [4.69, 9.17) is 21.1 Å². The first-order chi connectivity index (χ1) is 10.6. The van der Waals surface area contributed by atoms with Gasteiger partial charge in [-0.05, 0) is 23.9 Å². The van der Waals surface area contributed by atoms with Gasteiger partial charge in [0, 0.05) is 22.4 Å². The summed E-state index contributed by atoms with van der Waals surface area (Å²) in [5.41, 5.74) is 1.01. The SMILES string of the molecule is C=CCSC1=N/C(=C\c2cc(Cl)cc(OC)c2OC)C(=O)S1. The minimum absolute atomic E-state index is 0.104. The number of benzene rings is 1. The van der Waals surface area contributed by atoms with Gasteiger partial charge >= 0.3 is 0 Å². The molecule has 7 heteroatoms. The summed E-state index contributed by atoms with van der Waals surface area (Å²) in [5.74, 6) is 1.73. The molecule has 0 spiro atoms. The second kappa shape index (κ2) is 7.76. The number of thioether (sulfide) groups is 2. The van der Waals surface area contributed by atoms with Crippen LogP contribution in [0.5, 0.6) is 11.5 Å². The molecule has 1 aromatic carbocycles. The van der Waals surface area contributed by atoms with Crippen LogP contribution in [0.2, 0.25) is 5.02 Å². The first-order valence-electron chi connectivity index (χ1n) is 6.26. The quantitative estimate of drug-likeness (QED) is 0.583. The normalized spacial score (nSPS) is 15.9. The second-order valence-corrected chi connectivity index (χ2v) is 6.79. The maximum absolute atomic E-state index is 12.0. The van der Waals surface area contributed by atoms with E-state index in [1.807, 2.05) is 0 Å². The third-order valence-electron chi connectivity index (χ3n) is 2.69. The molecule has 1 aliphatic heterocycles. The standard InChI is InChI=1S/C15H14ClNO3S2/c1-4-5-21-15-17-11(14(18)22-15)7-9-6-10(16)8-12(19-2)13(9)20-3/h4,6-8H,1,5H2,2-3H3/b11-7-. The zero-order valence-electron chi connectivity index (χ0n) is 12.1. The number of aliphatic imine (C=N–C) groups is 1. The minimum atomic E-state index is -0.104. The molecule has 0 saturated heterocycles. The van der Waals surface area contributed by atoms with Gasteiger partial charge in [-0.1, -0.05) is 29.4 Å². The van der Waals surface area contributed by atoms with Gasteiger partial charge in [-0.25, -0.2) is 4.99 Å². The molecular formula is C15H14ClNO3S2. The Kier molecular flexibility index (Phi) is 5.99. The van der Waals surface area contributed by atoms with Crippen molar-refractivity contribution in [1.82, 2.24) is 0 Å². The average Bonchev–Trinajstić information content (AvgIpc) is 2.84. The van der Waals surface area contributed by atoms with Gasteiger partial charge in [0.1, 0.15) is 10.1 Å². The van der Waals surface area contributed by atoms with E-state index in [0.717, 1.165) is 11.8 Å². The summed E-state index contributed by atoms with van der Waals surface area (Å²) in [6, 6.07) is 3.36. The van der Waals surface area contributed by atoms with Gasteiger partial charge < -0.3 is 9.47 Å². The Morgan fingerprint density at radius 3 is 2.82 bits per heavy atom. The van der Waals surface area contributed by atoms with Crippen molar-refractivity contribution in [2.75, 3.05) is 20.0 Å². The number of halogens is 1. The number of nitrogens with zero attached hydrogens (tertiary/aromatic N) is 1. The molecule has 0 atom stereocenters. The molecule has 0 amide bonds. The van der Waals surface area contributed by atoms with Crippen molar-refractivity contribution < 1.29 is 14.3 Å².